The van der Waals surface area contributed by atoms with Crippen molar-refractivity contribution in [2.45, 2.75) is 18.9 Å². The van der Waals surface area contributed by atoms with Crippen LogP contribution in [0.5, 0.6) is 0 Å². The van der Waals surface area contributed by atoms with E-state index in [-0.39, 0.29) is 17.9 Å². The molecule has 0 atom stereocenters. The second-order valence-corrected chi connectivity index (χ2v) is 6.14. The van der Waals surface area contributed by atoms with Crippen LogP contribution in [0.15, 0.2) is 47.1 Å². The van der Waals surface area contributed by atoms with E-state index in [9.17, 15) is 9.59 Å². The summed E-state index contributed by atoms with van der Waals surface area (Å²) in [6.07, 6.45) is 2.91. The highest BCUT2D eigenvalue weighted by Crippen LogP contribution is 2.17. The van der Waals surface area contributed by atoms with Gasteiger partial charge in [0.15, 0.2) is 11.5 Å². The van der Waals surface area contributed by atoms with Crippen molar-refractivity contribution in [1.82, 2.24) is 20.4 Å². The first kappa shape index (κ1) is 15.4. The summed E-state index contributed by atoms with van der Waals surface area (Å²) in [6.45, 7) is 1.18. The maximum absolute atomic E-state index is 12.5. The van der Waals surface area contributed by atoms with Crippen LogP contribution < -0.4 is 5.32 Å². The number of likely N-dealkylation sites (tertiary alicyclic amines) is 1. The van der Waals surface area contributed by atoms with Gasteiger partial charge in [0.05, 0.1) is 11.8 Å². The maximum Gasteiger partial charge on any atom is 0.289 e. The van der Waals surface area contributed by atoms with Gasteiger partial charge >= 0.3 is 0 Å². The summed E-state index contributed by atoms with van der Waals surface area (Å²) >= 11 is 0. The predicted octanol–water partition coefficient (Wildman–Crippen LogP) is 2.19. The number of carbonyl (C=O) groups excluding carboxylic acids is 2. The number of benzene rings is 1. The van der Waals surface area contributed by atoms with Crippen molar-refractivity contribution < 1.29 is 14.0 Å². The number of piperidine rings is 1. The largest absolute Gasteiger partial charge is 0.459 e. The van der Waals surface area contributed by atoms with Gasteiger partial charge in [0, 0.05) is 24.5 Å². The molecule has 0 saturated carbocycles. The number of nitrogens with one attached hydrogen (secondary N) is 2. The molecule has 1 aliphatic rings. The molecular formula is C18H18N4O3. The second kappa shape index (κ2) is 6.43. The number of aromatic nitrogens is 2. The number of rotatable bonds is 3. The van der Waals surface area contributed by atoms with Crippen LogP contribution in [0.4, 0.5) is 0 Å². The molecule has 0 unspecified atom stereocenters. The third-order valence-corrected chi connectivity index (χ3v) is 4.53. The van der Waals surface area contributed by atoms with Crippen molar-refractivity contribution in [3.63, 3.8) is 0 Å². The number of para-hydroxylation sites is 1. The minimum atomic E-state index is -0.187. The van der Waals surface area contributed by atoms with Crippen LogP contribution in [0, 0.1) is 0 Å². The zero-order valence-electron chi connectivity index (χ0n) is 13.6. The predicted molar refractivity (Wildman–Crippen MR) is 91.2 cm³/mol. The van der Waals surface area contributed by atoms with E-state index in [0.717, 1.165) is 10.9 Å². The highest BCUT2D eigenvalue weighted by atomic mass is 16.3. The van der Waals surface area contributed by atoms with Gasteiger partial charge in [0.25, 0.3) is 11.8 Å². The minimum Gasteiger partial charge on any atom is -0.459 e. The molecular weight excluding hydrogens is 320 g/mol. The third-order valence-electron chi connectivity index (χ3n) is 4.53. The molecule has 128 valence electrons. The molecule has 2 aromatic heterocycles. The molecule has 7 nitrogen and oxygen atoms in total. The first-order chi connectivity index (χ1) is 12.2. The van der Waals surface area contributed by atoms with Gasteiger partial charge in [-0.05, 0) is 31.0 Å². The average Bonchev–Trinajstić information content (AvgIpc) is 3.31. The number of aromatic amines is 1. The fraction of sp³-hybridized carbons (Fsp3) is 0.278. The van der Waals surface area contributed by atoms with E-state index in [0.29, 0.717) is 37.4 Å². The maximum atomic E-state index is 12.5. The molecule has 3 aromatic rings. The van der Waals surface area contributed by atoms with Crippen LogP contribution in [0.25, 0.3) is 10.9 Å². The lowest BCUT2D eigenvalue weighted by molar-refractivity contribution is 0.0667. The van der Waals surface area contributed by atoms with Gasteiger partial charge < -0.3 is 14.6 Å². The lowest BCUT2D eigenvalue weighted by Crippen LogP contribution is -2.46. The number of furan rings is 1. The molecule has 0 aliphatic carbocycles. The average molecular weight is 338 g/mol. The lowest BCUT2D eigenvalue weighted by atomic mass is 10.0. The van der Waals surface area contributed by atoms with Crippen LogP contribution in [0.2, 0.25) is 0 Å². The summed E-state index contributed by atoms with van der Waals surface area (Å²) in [6, 6.07) is 10.9. The molecule has 0 bridgehead atoms. The van der Waals surface area contributed by atoms with Gasteiger partial charge in [-0.25, -0.2) is 0 Å². The van der Waals surface area contributed by atoms with E-state index >= 15 is 0 Å². The van der Waals surface area contributed by atoms with Crippen molar-refractivity contribution in [2.24, 2.45) is 0 Å². The highest BCUT2D eigenvalue weighted by Gasteiger charge is 2.26. The summed E-state index contributed by atoms with van der Waals surface area (Å²) in [5.41, 5.74) is 1.25. The van der Waals surface area contributed by atoms with E-state index in [4.69, 9.17) is 4.42 Å². The Bertz CT molecular complexity index is 892. The van der Waals surface area contributed by atoms with Gasteiger partial charge in [-0.15, -0.1) is 0 Å². The Balaban J connectivity index is 1.37. The first-order valence-corrected chi connectivity index (χ1v) is 8.29. The molecule has 0 radical (unpaired) electrons. The van der Waals surface area contributed by atoms with Crippen LogP contribution in [-0.2, 0) is 0 Å². The molecule has 2 amide bonds. The SMILES string of the molecule is O=C(NC1CCN(C(=O)c2ccco2)CC1)c1n[nH]c2ccccc12. The lowest BCUT2D eigenvalue weighted by Gasteiger charge is -2.31. The molecule has 1 aliphatic heterocycles. The van der Waals surface area contributed by atoms with E-state index in [2.05, 4.69) is 15.5 Å². The summed E-state index contributed by atoms with van der Waals surface area (Å²) in [5.74, 6) is 0.0619. The summed E-state index contributed by atoms with van der Waals surface area (Å²) in [5, 5.41) is 10.8. The van der Waals surface area contributed by atoms with E-state index in [1.165, 1.54) is 6.26 Å². The fourth-order valence-corrected chi connectivity index (χ4v) is 3.17. The zero-order chi connectivity index (χ0) is 17.2. The smallest absolute Gasteiger partial charge is 0.289 e. The Kier molecular flexibility index (Phi) is 3.97. The fourth-order valence-electron chi connectivity index (χ4n) is 3.17. The topological polar surface area (TPSA) is 91.2 Å². The molecule has 2 N–H and O–H groups in total. The van der Waals surface area contributed by atoms with Crippen LogP contribution in [0.3, 0.4) is 0 Å². The van der Waals surface area contributed by atoms with Crippen LogP contribution in [-0.4, -0.2) is 46.0 Å². The van der Waals surface area contributed by atoms with Gasteiger partial charge in [-0.2, -0.15) is 5.10 Å². The molecule has 0 spiro atoms. The number of amides is 2. The number of H-pyrrole nitrogens is 1. The molecule has 7 heteroatoms. The molecule has 3 heterocycles. The normalized spacial score (nSPS) is 15.4. The number of carbonyl (C=O) groups is 2. The molecule has 1 saturated heterocycles. The Morgan fingerprint density at radius 2 is 1.96 bits per heavy atom. The zero-order valence-corrected chi connectivity index (χ0v) is 13.6. The highest BCUT2D eigenvalue weighted by molar-refractivity contribution is 6.04. The quantitative estimate of drug-likeness (QED) is 0.766. The Morgan fingerprint density at radius 1 is 1.16 bits per heavy atom. The van der Waals surface area contributed by atoms with Crippen molar-refractivity contribution in [1.29, 1.82) is 0 Å². The van der Waals surface area contributed by atoms with Gasteiger partial charge in [-0.3, -0.25) is 14.7 Å². The van der Waals surface area contributed by atoms with E-state index in [1.807, 2.05) is 24.3 Å². The number of fused-ring (bicyclic) bond motifs is 1. The van der Waals surface area contributed by atoms with E-state index in [1.54, 1.807) is 17.0 Å². The standard InChI is InChI=1S/C18H18N4O3/c23-17(16-13-4-1-2-5-14(13)20-21-16)19-12-7-9-22(10-8-12)18(24)15-6-3-11-25-15/h1-6,11-12H,7-10H2,(H,19,23)(H,20,21). The van der Waals surface area contributed by atoms with Gasteiger partial charge in [-0.1, -0.05) is 18.2 Å². The summed E-state index contributed by atoms with van der Waals surface area (Å²) in [7, 11) is 0. The minimum absolute atomic E-state index is 0.0311. The monoisotopic (exact) mass is 338 g/mol. The molecule has 25 heavy (non-hydrogen) atoms. The van der Waals surface area contributed by atoms with E-state index < -0.39 is 0 Å². The Hall–Kier alpha value is -3.09. The van der Waals surface area contributed by atoms with Gasteiger partial charge in [0.2, 0.25) is 0 Å². The van der Waals surface area contributed by atoms with Crippen LogP contribution in [0.1, 0.15) is 33.9 Å². The number of hydrogen-bond donors (Lipinski definition) is 2. The number of nitrogens with zero attached hydrogens (tertiary/aromatic N) is 2. The van der Waals surface area contributed by atoms with Gasteiger partial charge in [0.1, 0.15) is 0 Å². The molecule has 1 aromatic carbocycles. The molecule has 4 rings (SSSR count). The Morgan fingerprint density at radius 3 is 2.72 bits per heavy atom. The first-order valence-electron chi connectivity index (χ1n) is 8.29. The summed E-state index contributed by atoms with van der Waals surface area (Å²) in [4.78, 5) is 26.5. The third kappa shape index (κ3) is 3.00. The summed E-state index contributed by atoms with van der Waals surface area (Å²) < 4.78 is 5.16. The Labute approximate surface area is 144 Å². The van der Waals surface area contributed by atoms with Crippen LogP contribution >= 0.6 is 0 Å². The van der Waals surface area contributed by atoms with Crippen molar-refractivity contribution in [3.05, 3.63) is 54.1 Å². The molecule has 1 fully saturated rings. The second-order valence-electron chi connectivity index (χ2n) is 6.14. The number of hydrogen-bond acceptors (Lipinski definition) is 4. The van der Waals surface area contributed by atoms with Crippen molar-refractivity contribution >= 4 is 22.7 Å². The van der Waals surface area contributed by atoms with Crippen molar-refractivity contribution in [2.75, 3.05) is 13.1 Å². The van der Waals surface area contributed by atoms with Crippen molar-refractivity contribution in [3.8, 4) is 0 Å².